The number of hydrogen-bond donors (Lipinski definition) is 0. The first-order valence-electron chi connectivity index (χ1n) is 14.5. The molecule has 0 spiro atoms. The Bertz CT molecular complexity index is 2190. The van der Waals surface area contributed by atoms with Gasteiger partial charge < -0.3 is 0 Å². The summed E-state index contributed by atoms with van der Waals surface area (Å²) in [4.78, 5) is 4.28. The fourth-order valence-electron chi connectivity index (χ4n) is 6.08. The van der Waals surface area contributed by atoms with Gasteiger partial charge in [0.15, 0.2) is 0 Å². The predicted molar refractivity (Wildman–Crippen MR) is 184 cm³/mol. The van der Waals surface area contributed by atoms with Crippen molar-refractivity contribution in [1.82, 2.24) is 4.98 Å². The molecular weight excluding hydrogens is 539 g/mol. The summed E-state index contributed by atoms with van der Waals surface area (Å²) >= 11 is 1.90. The molecule has 0 aliphatic carbocycles. The highest BCUT2D eigenvalue weighted by Gasteiger charge is 2.14. The van der Waals surface area contributed by atoms with Crippen LogP contribution in [-0.4, -0.2) is 4.98 Å². The smallest absolute Gasteiger partial charge is 0.0434 e. The van der Waals surface area contributed by atoms with E-state index in [4.69, 9.17) is 0 Å². The molecule has 2 aromatic heterocycles. The van der Waals surface area contributed by atoms with Crippen LogP contribution in [0, 0.1) is 0 Å². The van der Waals surface area contributed by atoms with E-state index in [0.29, 0.717) is 0 Å². The van der Waals surface area contributed by atoms with Crippen molar-refractivity contribution in [2.45, 2.75) is 0 Å². The van der Waals surface area contributed by atoms with Gasteiger partial charge in [-0.3, -0.25) is 4.98 Å². The molecule has 0 radical (unpaired) electrons. The number of rotatable bonds is 5. The average Bonchev–Trinajstić information content (AvgIpc) is 3.49. The molecule has 8 aromatic rings. The van der Waals surface area contributed by atoms with E-state index in [1.165, 1.54) is 70.2 Å². The highest BCUT2D eigenvalue weighted by Crippen LogP contribution is 2.44. The van der Waals surface area contributed by atoms with Crippen LogP contribution in [0.15, 0.2) is 164 Å². The minimum Gasteiger partial charge on any atom is -0.264 e. The van der Waals surface area contributed by atoms with Gasteiger partial charge in [0.1, 0.15) is 0 Å². The van der Waals surface area contributed by atoms with E-state index in [1.54, 1.807) is 0 Å². The predicted octanol–water partition coefficient (Wildman–Crippen LogP) is 11.8. The highest BCUT2D eigenvalue weighted by atomic mass is 32.1. The van der Waals surface area contributed by atoms with E-state index in [1.807, 2.05) is 29.8 Å². The molecule has 6 aromatic carbocycles. The molecule has 0 unspecified atom stereocenters. The summed E-state index contributed by atoms with van der Waals surface area (Å²) in [5.74, 6) is 0. The quantitative estimate of drug-likeness (QED) is 0.202. The molecule has 1 nitrogen and oxygen atoms in total. The van der Waals surface area contributed by atoms with Crippen LogP contribution in [0.4, 0.5) is 0 Å². The Kier molecular flexibility index (Phi) is 6.40. The Morgan fingerprint density at radius 2 is 0.767 bits per heavy atom. The second-order valence-corrected chi connectivity index (χ2v) is 11.8. The minimum atomic E-state index is 1.13. The van der Waals surface area contributed by atoms with Crippen LogP contribution in [0.5, 0.6) is 0 Å². The third-order valence-electron chi connectivity index (χ3n) is 8.23. The molecule has 0 aliphatic rings. The average molecular weight is 566 g/mol. The van der Waals surface area contributed by atoms with Gasteiger partial charge >= 0.3 is 0 Å². The number of thiophene rings is 1. The fraction of sp³-hybridized carbons (Fsp3) is 0. The van der Waals surface area contributed by atoms with E-state index >= 15 is 0 Å². The third-order valence-corrected chi connectivity index (χ3v) is 9.52. The number of aromatic nitrogens is 1. The lowest BCUT2D eigenvalue weighted by Gasteiger charge is -2.11. The Morgan fingerprint density at radius 1 is 0.326 bits per heavy atom. The standard InChI is InChI=1S/C41H27NS/c1-2-9-29(10-3-1)34-12-4-5-13-35(34)30-22-24-32(25-23-30)37-15-7-17-39-38-16-6-14-36(40(38)43-41(37)39)31-20-18-28(19-21-31)33-11-8-26-42-27-33/h1-27H. The molecule has 0 atom stereocenters. The normalized spacial score (nSPS) is 11.3. The fourth-order valence-corrected chi connectivity index (χ4v) is 7.46. The molecule has 2 heteroatoms. The van der Waals surface area contributed by atoms with Crippen molar-refractivity contribution < 1.29 is 0 Å². The molecule has 0 aliphatic heterocycles. The summed E-state index contributed by atoms with van der Waals surface area (Å²) in [6.45, 7) is 0. The molecule has 0 saturated heterocycles. The summed E-state index contributed by atoms with van der Waals surface area (Å²) < 4.78 is 2.65. The maximum absolute atomic E-state index is 4.28. The summed E-state index contributed by atoms with van der Waals surface area (Å²) in [7, 11) is 0. The van der Waals surface area contributed by atoms with E-state index in [9.17, 15) is 0 Å². The van der Waals surface area contributed by atoms with Crippen LogP contribution in [-0.2, 0) is 0 Å². The summed E-state index contributed by atoms with van der Waals surface area (Å²) in [5, 5.41) is 2.62. The maximum atomic E-state index is 4.28. The van der Waals surface area contributed by atoms with Crippen LogP contribution >= 0.6 is 11.3 Å². The van der Waals surface area contributed by atoms with E-state index in [-0.39, 0.29) is 0 Å². The van der Waals surface area contributed by atoms with Crippen molar-refractivity contribution in [2.75, 3.05) is 0 Å². The summed E-state index contributed by atoms with van der Waals surface area (Å²) in [5.41, 5.74) is 12.3. The van der Waals surface area contributed by atoms with Crippen LogP contribution in [0.1, 0.15) is 0 Å². The van der Waals surface area contributed by atoms with Crippen molar-refractivity contribution in [3.8, 4) is 55.6 Å². The molecule has 202 valence electrons. The van der Waals surface area contributed by atoms with Crippen molar-refractivity contribution in [3.63, 3.8) is 0 Å². The summed E-state index contributed by atoms with van der Waals surface area (Å²) in [6.07, 6.45) is 3.73. The molecule has 8 rings (SSSR count). The molecule has 2 heterocycles. The van der Waals surface area contributed by atoms with Crippen molar-refractivity contribution in [1.29, 1.82) is 0 Å². The second-order valence-electron chi connectivity index (χ2n) is 10.8. The lowest BCUT2D eigenvalue weighted by molar-refractivity contribution is 1.33. The maximum Gasteiger partial charge on any atom is 0.0434 e. The summed E-state index contributed by atoms with van der Waals surface area (Å²) in [6, 6.07) is 54.7. The van der Waals surface area contributed by atoms with Gasteiger partial charge in [-0.2, -0.15) is 0 Å². The van der Waals surface area contributed by atoms with Crippen molar-refractivity contribution in [3.05, 3.63) is 164 Å². The molecule has 0 fully saturated rings. The molecule has 0 bridgehead atoms. The largest absolute Gasteiger partial charge is 0.264 e. The van der Waals surface area contributed by atoms with Gasteiger partial charge in [-0.1, -0.05) is 146 Å². The number of nitrogens with zero attached hydrogens (tertiary/aromatic N) is 1. The molecule has 0 N–H and O–H groups in total. The molecular formula is C41H27NS. The number of hydrogen-bond acceptors (Lipinski definition) is 2. The molecule has 43 heavy (non-hydrogen) atoms. The van der Waals surface area contributed by atoms with Gasteiger partial charge in [-0.05, 0) is 61.7 Å². The van der Waals surface area contributed by atoms with E-state index in [2.05, 4.69) is 151 Å². The zero-order valence-electron chi connectivity index (χ0n) is 23.4. The minimum absolute atomic E-state index is 1.13. The van der Waals surface area contributed by atoms with Crippen molar-refractivity contribution in [2.24, 2.45) is 0 Å². The molecule has 0 amide bonds. The van der Waals surface area contributed by atoms with E-state index < -0.39 is 0 Å². The van der Waals surface area contributed by atoms with Gasteiger partial charge in [-0.25, -0.2) is 0 Å². The molecule has 0 saturated carbocycles. The van der Waals surface area contributed by atoms with Crippen molar-refractivity contribution >= 4 is 31.5 Å². The van der Waals surface area contributed by atoms with E-state index in [0.717, 1.165) is 5.56 Å². The van der Waals surface area contributed by atoms with Gasteiger partial charge in [0.2, 0.25) is 0 Å². The Labute approximate surface area is 255 Å². The Balaban J connectivity index is 1.19. The zero-order chi connectivity index (χ0) is 28.6. The number of benzene rings is 6. The van der Waals surface area contributed by atoms with Crippen LogP contribution in [0.25, 0.3) is 75.8 Å². The van der Waals surface area contributed by atoms with Crippen LogP contribution in [0.3, 0.4) is 0 Å². The topological polar surface area (TPSA) is 12.9 Å². The monoisotopic (exact) mass is 565 g/mol. The first-order chi connectivity index (χ1) is 21.3. The van der Waals surface area contributed by atoms with Crippen LogP contribution in [0.2, 0.25) is 0 Å². The Morgan fingerprint density at radius 3 is 1.30 bits per heavy atom. The number of fused-ring (bicyclic) bond motifs is 3. The van der Waals surface area contributed by atoms with Gasteiger partial charge in [-0.15, -0.1) is 11.3 Å². The lowest BCUT2D eigenvalue weighted by Crippen LogP contribution is -1.85. The van der Waals surface area contributed by atoms with Gasteiger partial charge in [0.05, 0.1) is 0 Å². The highest BCUT2D eigenvalue weighted by molar-refractivity contribution is 7.26. The number of pyridine rings is 1. The van der Waals surface area contributed by atoms with Gasteiger partial charge in [0.25, 0.3) is 0 Å². The van der Waals surface area contributed by atoms with Crippen LogP contribution < -0.4 is 0 Å². The Hall–Kier alpha value is -5.31. The third kappa shape index (κ3) is 4.63. The first-order valence-corrected chi connectivity index (χ1v) is 15.4. The second kappa shape index (κ2) is 10.8. The zero-order valence-corrected chi connectivity index (χ0v) is 24.3. The SMILES string of the molecule is c1ccc(-c2ccccc2-c2ccc(-c3cccc4c3sc3c(-c5ccc(-c6cccnc6)cc5)cccc34)cc2)cc1. The first kappa shape index (κ1) is 25.4. The lowest BCUT2D eigenvalue weighted by atomic mass is 9.93. The van der Waals surface area contributed by atoms with Gasteiger partial charge in [0, 0.05) is 32.6 Å².